The lowest BCUT2D eigenvalue weighted by Gasteiger charge is -2.16. The van der Waals surface area contributed by atoms with Crippen LogP contribution in [0.3, 0.4) is 0 Å². The summed E-state index contributed by atoms with van der Waals surface area (Å²) in [6.07, 6.45) is 4.67. The highest BCUT2D eigenvalue weighted by atomic mass is 35.5. The molecule has 0 bridgehead atoms. The van der Waals surface area contributed by atoms with Crippen LogP contribution in [0.4, 0.5) is 24.8 Å². The molecule has 0 saturated carbocycles. The average molecular weight is 553 g/mol. The SMILES string of the molecule is Cn1cc2cc(Nc3nc(=O)n(-c4cnc5ccccn45)c(=O)n3Cc3cc(F)c(F)c(F)c3)c(Cl)cc2n1. The Labute approximate surface area is 221 Å². The molecule has 39 heavy (non-hydrogen) atoms. The maximum Gasteiger partial charge on any atom is 0.360 e. The number of fused-ring (bicyclic) bond motifs is 2. The molecule has 196 valence electrons. The number of hydrogen-bond acceptors (Lipinski definition) is 6. The molecule has 10 nitrogen and oxygen atoms in total. The summed E-state index contributed by atoms with van der Waals surface area (Å²) in [5.74, 6) is -4.67. The van der Waals surface area contributed by atoms with E-state index in [0.717, 1.165) is 21.3 Å². The van der Waals surface area contributed by atoms with Gasteiger partial charge >= 0.3 is 11.4 Å². The second-order valence-electron chi connectivity index (χ2n) is 8.66. The molecule has 14 heteroatoms. The molecule has 6 rings (SSSR count). The van der Waals surface area contributed by atoms with Crippen molar-refractivity contribution in [1.82, 2.24) is 33.3 Å². The van der Waals surface area contributed by atoms with E-state index in [1.165, 1.54) is 10.6 Å². The minimum atomic E-state index is -1.64. The van der Waals surface area contributed by atoms with Crippen molar-refractivity contribution >= 4 is 39.8 Å². The molecule has 0 fully saturated rings. The Balaban J connectivity index is 1.55. The first-order valence-corrected chi connectivity index (χ1v) is 11.8. The number of nitrogens with one attached hydrogen (secondary N) is 1. The van der Waals surface area contributed by atoms with Crippen LogP contribution in [0.5, 0.6) is 0 Å². The average Bonchev–Trinajstić information content (AvgIpc) is 3.47. The van der Waals surface area contributed by atoms with Gasteiger partial charge in [0.1, 0.15) is 11.5 Å². The fourth-order valence-electron chi connectivity index (χ4n) is 4.28. The number of nitrogens with zero attached hydrogens (tertiary/aromatic N) is 7. The van der Waals surface area contributed by atoms with Crippen molar-refractivity contribution < 1.29 is 13.2 Å². The number of rotatable bonds is 5. The first-order valence-electron chi connectivity index (χ1n) is 11.4. The highest BCUT2D eigenvalue weighted by molar-refractivity contribution is 6.34. The molecule has 4 heterocycles. The quantitative estimate of drug-likeness (QED) is 0.326. The van der Waals surface area contributed by atoms with E-state index in [-0.39, 0.29) is 22.4 Å². The summed E-state index contributed by atoms with van der Waals surface area (Å²) in [6, 6.07) is 9.85. The molecule has 0 unspecified atom stereocenters. The third-order valence-electron chi connectivity index (χ3n) is 6.04. The van der Waals surface area contributed by atoms with E-state index in [1.54, 1.807) is 54.5 Å². The van der Waals surface area contributed by atoms with Crippen molar-refractivity contribution in [3.63, 3.8) is 0 Å². The van der Waals surface area contributed by atoms with Gasteiger partial charge in [-0.05, 0) is 42.0 Å². The Morgan fingerprint density at radius 1 is 1.05 bits per heavy atom. The largest absolute Gasteiger partial charge is 0.360 e. The third-order valence-corrected chi connectivity index (χ3v) is 6.35. The number of hydrogen-bond donors (Lipinski definition) is 1. The highest BCUT2D eigenvalue weighted by Crippen LogP contribution is 2.29. The van der Waals surface area contributed by atoms with Crippen molar-refractivity contribution in [1.29, 1.82) is 0 Å². The Kier molecular flexibility index (Phi) is 5.72. The van der Waals surface area contributed by atoms with Crippen LogP contribution in [0.15, 0.2) is 70.6 Å². The topological polar surface area (TPSA) is 104 Å². The lowest BCUT2D eigenvalue weighted by molar-refractivity contribution is 0.444. The maximum absolute atomic E-state index is 14.0. The van der Waals surface area contributed by atoms with E-state index in [9.17, 15) is 22.8 Å². The molecule has 0 aliphatic heterocycles. The summed E-state index contributed by atoms with van der Waals surface area (Å²) in [6.45, 7) is -0.466. The van der Waals surface area contributed by atoms with E-state index >= 15 is 0 Å². The lowest BCUT2D eigenvalue weighted by atomic mass is 10.2. The molecule has 0 aliphatic rings. The van der Waals surface area contributed by atoms with Crippen LogP contribution in [-0.4, -0.2) is 33.3 Å². The van der Waals surface area contributed by atoms with Gasteiger partial charge in [0.2, 0.25) is 5.95 Å². The minimum absolute atomic E-state index is 0.0875. The van der Waals surface area contributed by atoms with Crippen LogP contribution in [0.2, 0.25) is 5.02 Å². The molecule has 6 aromatic rings. The Morgan fingerprint density at radius 3 is 2.59 bits per heavy atom. The zero-order valence-electron chi connectivity index (χ0n) is 19.9. The van der Waals surface area contributed by atoms with Gasteiger partial charge in [0, 0.05) is 24.8 Å². The number of pyridine rings is 1. The van der Waals surface area contributed by atoms with E-state index in [1.807, 2.05) is 0 Å². The summed E-state index contributed by atoms with van der Waals surface area (Å²) in [7, 11) is 1.74. The Hall–Kier alpha value is -4.91. The number of aromatic nitrogens is 7. The number of anilines is 2. The third kappa shape index (κ3) is 4.22. The first kappa shape index (κ1) is 24.4. The molecular formula is C25H16ClF3N8O2. The van der Waals surface area contributed by atoms with Gasteiger partial charge in [-0.2, -0.15) is 14.6 Å². The van der Waals surface area contributed by atoms with Crippen LogP contribution in [0.25, 0.3) is 22.4 Å². The van der Waals surface area contributed by atoms with Crippen molar-refractivity contribution in [2.24, 2.45) is 7.05 Å². The molecular weight excluding hydrogens is 537 g/mol. The number of halogens is 4. The van der Waals surface area contributed by atoms with Crippen molar-refractivity contribution in [3.8, 4) is 5.82 Å². The van der Waals surface area contributed by atoms with Gasteiger partial charge < -0.3 is 5.32 Å². The van der Waals surface area contributed by atoms with Gasteiger partial charge in [0.15, 0.2) is 17.5 Å². The van der Waals surface area contributed by atoms with Crippen molar-refractivity contribution in [3.05, 3.63) is 110 Å². The Morgan fingerprint density at radius 2 is 1.82 bits per heavy atom. The van der Waals surface area contributed by atoms with E-state index < -0.39 is 35.4 Å². The number of imidazole rings is 1. The molecule has 4 aromatic heterocycles. The molecule has 0 radical (unpaired) electrons. The normalized spacial score (nSPS) is 11.5. The van der Waals surface area contributed by atoms with Gasteiger partial charge in [0.05, 0.1) is 29.0 Å². The summed E-state index contributed by atoms with van der Waals surface area (Å²) >= 11 is 6.43. The van der Waals surface area contributed by atoms with Crippen LogP contribution in [0, 0.1) is 17.5 Å². The molecule has 0 aliphatic carbocycles. The number of benzene rings is 2. The minimum Gasteiger partial charge on any atom is -0.324 e. The predicted octanol–water partition coefficient (Wildman–Crippen LogP) is 3.79. The smallest absolute Gasteiger partial charge is 0.324 e. The molecule has 0 saturated heterocycles. The van der Waals surface area contributed by atoms with Gasteiger partial charge in [-0.15, -0.1) is 0 Å². The standard InChI is InChI=1S/C25H16ClF3N8O2/c1-34-12-14-8-19(15(26)9-18(14)33-34)31-23-32-24(38)37(21-10-30-20-4-2-3-5-35(20)21)25(39)36(23)11-13-6-16(27)22(29)17(28)7-13/h2-10,12H,11H2,1H3,(H,31,32,38). The lowest BCUT2D eigenvalue weighted by Crippen LogP contribution is -2.42. The van der Waals surface area contributed by atoms with E-state index in [2.05, 4.69) is 20.4 Å². The van der Waals surface area contributed by atoms with Crippen LogP contribution >= 0.6 is 11.6 Å². The van der Waals surface area contributed by atoms with Gasteiger partial charge in [-0.3, -0.25) is 13.6 Å². The highest BCUT2D eigenvalue weighted by Gasteiger charge is 2.20. The van der Waals surface area contributed by atoms with Crippen LogP contribution < -0.4 is 16.7 Å². The molecule has 1 N–H and O–H groups in total. The van der Waals surface area contributed by atoms with Crippen LogP contribution in [-0.2, 0) is 13.6 Å². The molecule has 0 atom stereocenters. The monoisotopic (exact) mass is 552 g/mol. The molecule has 2 aromatic carbocycles. The summed E-state index contributed by atoms with van der Waals surface area (Å²) in [5, 5.41) is 8.09. The van der Waals surface area contributed by atoms with Crippen LogP contribution in [0.1, 0.15) is 5.56 Å². The van der Waals surface area contributed by atoms with Crippen molar-refractivity contribution in [2.45, 2.75) is 6.54 Å². The fraction of sp³-hybridized carbons (Fsp3) is 0.0800. The van der Waals surface area contributed by atoms with Crippen molar-refractivity contribution in [2.75, 3.05) is 5.32 Å². The molecule has 0 spiro atoms. The van der Waals surface area contributed by atoms with Gasteiger partial charge in [-0.1, -0.05) is 17.7 Å². The zero-order chi connectivity index (χ0) is 27.4. The van der Waals surface area contributed by atoms with Gasteiger partial charge in [0.25, 0.3) is 0 Å². The second kappa shape index (κ2) is 9.13. The summed E-state index contributed by atoms with van der Waals surface area (Å²) < 4.78 is 46.5. The number of aryl methyl sites for hydroxylation is 1. The maximum atomic E-state index is 14.0. The van der Waals surface area contributed by atoms with E-state index in [0.29, 0.717) is 22.2 Å². The molecule has 0 amide bonds. The van der Waals surface area contributed by atoms with E-state index in [4.69, 9.17) is 11.6 Å². The fourth-order valence-corrected chi connectivity index (χ4v) is 4.49. The Bertz CT molecular complexity index is 2020. The van der Waals surface area contributed by atoms with Gasteiger partial charge in [-0.25, -0.2) is 27.7 Å². The zero-order valence-corrected chi connectivity index (χ0v) is 20.7. The summed E-state index contributed by atoms with van der Waals surface area (Å²) in [4.78, 5) is 35.2. The summed E-state index contributed by atoms with van der Waals surface area (Å²) in [5.41, 5.74) is -0.562. The predicted molar refractivity (Wildman–Crippen MR) is 137 cm³/mol. The first-order chi connectivity index (χ1) is 18.7. The second-order valence-corrected chi connectivity index (χ2v) is 9.07.